The van der Waals surface area contributed by atoms with E-state index in [1.54, 1.807) is 35.6 Å². The Kier molecular flexibility index (Phi) is 16.2. The van der Waals surface area contributed by atoms with E-state index < -0.39 is 58.5 Å². The van der Waals surface area contributed by atoms with Gasteiger partial charge >= 0.3 is 0 Å². The molecule has 2 aromatic heterocycles. The van der Waals surface area contributed by atoms with E-state index in [1.165, 1.54) is 11.1 Å². The first kappa shape index (κ1) is 54.6. The van der Waals surface area contributed by atoms with Crippen LogP contribution < -0.4 is 20.7 Å². The number of likely N-dealkylation sites (tertiary alicyclic amines) is 1. The number of nitriles is 1. The predicted molar refractivity (Wildman–Crippen MR) is 288 cm³/mol. The zero-order valence-electron chi connectivity index (χ0n) is 44.3. The Bertz CT molecular complexity index is 2710. The van der Waals surface area contributed by atoms with Gasteiger partial charge in [-0.05, 0) is 73.4 Å². The second-order valence-corrected chi connectivity index (χ2v) is 24.4. The quantitative estimate of drug-likeness (QED) is 0.111. The highest BCUT2D eigenvalue weighted by Crippen LogP contribution is 2.59. The van der Waals surface area contributed by atoms with Crippen molar-refractivity contribution in [3.05, 3.63) is 93.7 Å². The minimum Gasteiger partial charge on any atom is -0.489 e. The number of carbonyl (C=O) groups is 4. The Balaban J connectivity index is 0.997. The minimum absolute atomic E-state index is 0.0482. The molecule has 3 aliphatic heterocycles. The molecular weight excluding hydrogens is 976 g/mol. The number of primary amides is 1. The topological polar surface area (TPSA) is 202 Å². The number of halogens is 1. The summed E-state index contributed by atoms with van der Waals surface area (Å²) in [6.45, 7) is 23.7. The lowest BCUT2D eigenvalue weighted by Crippen LogP contribution is -2.79. The third-order valence-corrected chi connectivity index (χ3v) is 17.2. The van der Waals surface area contributed by atoms with E-state index in [0.717, 1.165) is 73.1 Å². The van der Waals surface area contributed by atoms with Crippen molar-refractivity contribution in [3.8, 4) is 22.3 Å². The number of hydrogen-bond donors (Lipinski definition) is 3. The van der Waals surface area contributed by atoms with Crippen molar-refractivity contribution in [3.63, 3.8) is 0 Å². The number of nitrogens with two attached hydrogens (primary N) is 1. The number of thiazole rings is 1. The molecule has 1 aliphatic carbocycles. The summed E-state index contributed by atoms with van der Waals surface area (Å²) >= 11 is 8.05. The Hall–Kier alpha value is -5.64. The molecule has 4 aromatic rings. The normalized spacial score (nSPS) is 23.1. The Morgan fingerprint density at radius 2 is 1.64 bits per heavy atom. The van der Waals surface area contributed by atoms with Gasteiger partial charge in [0, 0.05) is 87.9 Å². The van der Waals surface area contributed by atoms with Gasteiger partial charge in [0.1, 0.15) is 35.8 Å². The number of piperazine rings is 1. The summed E-state index contributed by atoms with van der Waals surface area (Å²) in [5.74, 6) is 0.425. The molecule has 5 heterocycles. The first-order valence-electron chi connectivity index (χ1n) is 25.9. The lowest BCUT2D eigenvalue weighted by atomic mass is 9.48. The molecule has 0 unspecified atom stereocenters. The van der Waals surface area contributed by atoms with Crippen molar-refractivity contribution < 1.29 is 29.0 Å². The highest BCUT2D eigenvalue weighted by Gasteiger charge is 2.68. The average Bonchev–Trinajstić information content (AvgIpc) is 3.98. The maximum Gasteiger partial charge on any atom is 0.250 e. The molecule has 0 radical (unpaired) electrons. The van der Waals surface area contributed by atoms with Crippen LogP contribution in [0.3, 0.4) is 0 Å². The third kappa shape index (κ3) is 11.4. The first-order valence-corrected chi connectivity index (χ1v) is 27.2. The number of rotatable bonds is 15. The monoisotopic (exact) mass is 1050 g/mol. The Labute approximate surface area is 445 Å². The fourth-order valence-electron chi connectivity index (χ4n) is 12.5. The van der Waals surface area contributed by atoms with Gasteiger partial charge in [0.25, 0.3) is 0 Å². The fourth-order valence-corrected chi connectivity index (χ4v) is 13.5. The third-order valence-electron chi connectivity index (χ3n) is 15.9. The van der Waals surface area contributed by atoms with Crippen molar-refractivity contribution >= 4 is 52.4 Å². The number of amides is 4. The highest BCUT2D eigenvalue weighted by molar-refractivity contribution is 7.13. The van der Waals surface area contributed by atoms with Gasteiger partial charge in [-0.2, -0.15) is 5.26 Å². The summed E-state index contributed by atoms with van der Waals surface area (Å²) in [7, 11) is 0. The number of anilines is 1. The van der Waals surface area contributed by atoms with Gasteiger partial charge in [-0.25, -0.2) is 9.97 Å². The standard InChI is InChI=1S/C56H73ClN10O6S/c1-34(37-10-12-38(13-11-37)47-35(2)61-33-74-47)62-50(71)44-26-41(68)31-66(44)51(72)48(54(3,4)5)67(52-55(6,7)53(56(52,8)9)73-42-16-14-39(28-58)43(57)27-42)46(69)32-64-24-22-63(23-25-64)30-36-18-20-65(21-19-36)45-17-15-40(29-60-45)49(59)70/h10-17,27,29,33-34,36,41,44,48,52-53,68H,18-26,30-32H2,1-9H3,(H2,59,70)(H,62,71)/t34-,41+,44-,48+,52?,53?/m0/s1. The molecule has 396 valence electrons. The summed E-state index contributed by atoms with van der Waals surface area (Å²) in [6.07, 6.45) is 2.26. The molecule has 4 fully saturated rings. The first-order chi connectivity index (χ1) is 35.0. The number of carbonyl (C=O) groups excluding carboxylic acids is 4. The molecule has 18 heteroatoms. The number of β-amino-alcohol motifs (C(OH)–C–C–N with tert-alkyl or cyclic N) is 1. The molecule has 16 nitrogen and oxygen atoms in total. The average molecular weight is 1050 g/mol. The van der Waals surface area contributed by atoms with E-state index >= 15 is 9.59 Å². The van der Waals surface area contributed by atoms with Crippen molar-refractivity contribution in [1.29, 1.82) is 5.26 Å². The highest BCUT2D eigenvalue weighted by atomic mass is 35.5. The van der Waals surface area contributed by atoms with Crippen LogP contribution in [-0.4, -0.2) is 148 Å². The smallest absolute Gasteiger partial charge is 0.250 e. The summed E-state index contributed by atoms with van der Waals surface area (Å²) in [6, 6.07) is 15.8. The van der Waals surface area contributed by atoms with E-state index in [-0.39, 0.29) is 42.3 Å². The van der Waals surface area contributed by atoms with Gasteiger partial charge < -0.3 is 40.5 Å². The van der Waals surface area contributed by atoms with E-state index in [1.807, 2.05) is 75.4 Å². The summed E-state index contributed by atoms with van der Waals surface area (Å²) < 4.78 is 6.73. The number of aryl methyl sites for hydroxylation is 1. The molecule has 8 rings (SSSR count). The zero-order valence-corrected chi connectivity index (χ0v) is 45.9. The Morgan fingerprint density at radius 1 is 0.973 bits per heavy atom. The van der Waals surface area contributed by atoms with Crippen LogP contribution in [0, 0.1) is 40.4 Å². The number of piperidine rings is 1. The molecule has 2 aromatic carbocycles. The second kappa shape index (κ2) is 21.9. The second-order valence-electron chi connectivity index (χ2n) is 23.2. The number of nitrogens with zero attached hydrogens (tertiary/aromatic N) is 8. The van der Waals surface area contributed by atoms with Crippen molar-refractivity contribution in [2.24, 2.45) is 27.9 Å². The number of aliphatic hydroxyl groups is 1. The van der Waals surface area contributed by atoms with Crippen molar-refractivity contribution in [2.75, 3.05) is 63.8 Å². The molecule has 4 amide bonds. The van der Waals surface area contributed by atoms with Gasteiger partial charge in [-0.3, -0.25) is 24.1 Å². The molecule has 4 atom stereocenters. The van der Waals surface area contributed by atoms with E-state index in [4.69, 9.17) is 22.1 Å². The number of hydrogen-bond acceptors (Lipinski definition) is 13. The van der Waals surface area contributed by atoms with Gasteiger partial charge in [-0.1, -0.05) is 84.3 Å². The largest absolute Gasteiger partial charge is 0.489 e. The van der Waals surface area contributed by atoms with Gasteiger partial charge in [0.2, 0.25) is 23.6 Å². The lowest BCUT2D eigenvalue weighted by Gasteiger charge is -2.67. The summed E-state index contributed by atoms with van der Waals surface area (Å²) in [4.78, 5) is 77.3. The summed E-state index contributed by atoms with van der Waals surface area (Å²) in [5.41, 5.74) is 8.65. The zero-order chi connectivity index (χ0) is 53.4. The predicted octanol–water partition coefficient (Wildman–Crippen LogP) is 6.94. The molecule has 4 N–H and O–H groups in total. The van der Waals surface area contributed by atoms with Gasteiger partial charge in [-0.15, -0.1) is 11.3 Å². The van der Waals surface area contributed by atoms with E-state index in [0.29, 0.717) is 35.9 Å². The SMILES string of the molecule is Cc1ncsc1-c1ccc([C@H](C)NC(=O)[C@@H]2C[C@@H](O)CN2C(=O)[C@@H](N(C(=O)CN2CCN(CC3CCN(c4ccc(C(N)=O)cn4)CC3)CC2)C2C(C)(C)C(Oc3ccc(C#N)c(Cl)c3)C2(C)C)C(C)(C)C)cc1. The molecule has 4 aliphatic rings. The number of aliphatic hydroxyl groups excluding tert-OH is 1. The van der Waals surface area contributed by atoms with Crippen LogP contribution in [0.1, 0.15) is 108 Å². The van der Waals surface area contributed by atoms with Crippen LogP contribution in [0.25, 0.3) is 10.4 Å². The maximum atomic E-state index is 15.7. The number of nitrogens with one attached hydrogen (secondary N) is 1. The fraction of sp³-hybridized carbons (Fsp3) is 0.554. The van der Waals surface area contributed by atoms with Crippen LogP contribution in [0.2, 0.25) is 5.02 Å². The lowest BCUT2D eigenvalue weighted by molar-refractivity contribution is -0.225. The molecule has 3 saturated heterocycles. The molecular formula is C56H73ClN10O6S. The summed E-state index contributed by atoms with van der Waals surface area (Å²) in [5, 5.41) is 24.2. The van der Waals surface area contributed by atoms with Gasteiger partial charge in [0.05, 0.1) is 50.9 Å². The molecule has 0 bridgehead atoms. The van der Waals surface area contributed by atoms with Crippen LogP contribution in [0.4, 0.5) is 5.82 Å². The number of aromatic nitrogens is 2. The molecule has 0 spiro atoms. The van der Waals surface area contributed by atoms with Crippen LogP contribution in [0.15, 0.2) is 66.3 Å². The molecule has 1 saturated carbocycles. The number of ether oxygens (including phenoxy) is 1. The molecule has 74 heavy (non-hydrogen) atoms. The van der Waals surface area contributed by atoms with Crippen molar-refractivity contribution in [1.82, 2.24) is 34.9 Å². The Morgan fingerprint density at radius 3 is 2.20 bits per heavy atom. The van der Waals surface area contributed by atoms with Crippen LogP contribution >= 0.6 is 22.9 Å². The van der Waals surface area contributed by atoms with Crippen LogP contribution in [-0.2, 0) is 14.4 Å². The van der Waals surface area contributed by atoms with Gasteiger partial charge in [0.15, 0.2) is 0 Å². The minimum atomic E-state index is -1.02. The van der Waals surface area contributed by atoms with E-state index in [2.05, 4.69) is 63.7 Å². The van der Waals surface area contributed by atoms with Crippen molar-refractivity contribution in [2.45, 2.75) is 118 Å². The number of benzene rings is 2. The van der Waals surface area contributed by atoms with E-state index in [9.17, 15) is 20.0 Å². The van der Waals surface area contributed by atoms with Crippen LogP contribution in [0.5, 0.6) is 5.75 Å². The number of pyridine rings is 1. The maximum absolute atomic E-state index is 15.7.